The summed E-state index contributed by atoms with van der Waals surface area (Å²) in [7, 11) is 0. The second kappa shape index (κ2) is 4.62. The van der Waals surface area contributed by atoms with Crippen molar-refractivity contribution in [3.8, 4) is 0 Å². The number of amides is 1. The second-order valence-corrected chi connectivity index (χ2v) is 2.27. The minimum absolute atomic E-state index is 0. The summed E-state index contributed by atoms with van der Waals surface area (Å²) in [5, 5.41) is 2.76. The van der Waals surface area contributed by atoms with Crippen LogP contribution in [0, 0.1) is 0 Å². The summed E-state index contributed by atoms with van der Waals surface area (Å²) in [4.78, 5) is 9.85. The monoisotopic (exact) mass is 149 g/mol. The molecule has 1 N–H and O–H groups in total. The summed E-state index contributed by atoms with van der Waals surface area (Å²) < 4.78 is 0. The van der Waals surface area contributed by atoms with Crippen LogP contribution in [0.4, 0.5) is 0 Å². The molecule has 0 radical (unpaired) electrons. The summed E-state index contributed by atoms with van der Waals surface area (Å²) in [5.74, 6) is 0. The third-order valence-corrected chi connectivity index (χ3v) is 1.66. The molecule has 0 unspecified atom stereocenters. The summed E-state index contributed by atoms with van der Waals surface area (Å²) in [6, 6.07) is 0.493. The highest BCUT2D eigenvalue weighted by molar-refractivity contribution is 5.85. The van der Waals surface area contributed by atoms with Gasteiger partial charge in [0.25, 0.3) is 0 Å². The Kier molecular flexibility index (Phi) is 4.50. The zero-order chi connectivity index (χ0) is 5.82. The molecule has 3 heteroatoms. The first-order valence-corrected chi connectivity index (χ1v) is 3.13. The van der Waals surface area contributed by atoms with Crippen molar-refractivity contribution in [2.24, 2.45) is 0 Å². The number of carbonyl (C=O) groups is 1. The summed E-state index contributed by atoms with van der Waals surface area (Å²) >= 11 is 0. The topological polar surface area (TPSA) is 29.1 Å². The van der Waals surface area contributed by atoms with Gasteiger partial charge in [0.15, 0.2) is 0 Å². The SMILES string of the molecule is Cl.O=CNC1CCCC1. The van der Waals surface area contributed by atoms with E-state index in [0.29, 0.717) is 6.04 Å². The Hall–Kier alpha value is -0.240. The number of hydrogen-bond acceptors (Lipinski definition) is 1. The molecule has 0 aromatic rings. The Bertz CT molecular complexity index is 81.1. The molecule has 54 valence electrons. The maximum atomic E-state index is 9.85. The van der Waals surface area contributed by atoms with Crippen molar-refractivity contribution in [3.05, 3.63) is 0 Å². The van der Waals surface area contributed by atoms with Crippen molar-refractivity contribution in [3.63, 3.8) is 0 Å². The third-order valence-electron chi connectivity index (χ3n) is 1.66. The molecule has 2 nitrogen and oxygen atoms in total. The van der Waals surface area contributed by atoms with Gasteiger partial charge in [-0.1, -0.05) is 12.8 Å². The van der Waals surface area contributed by atoms with Gasteiger partial charge in [0, 0.05) is 6.04 Å². The molecule has 1 saturated carbocycles. The molecule has 0 aromatic heterocycles. The zero-order valence-electron chi connectivity index (χ0n) is 5.30. The predicted molar refractivity (Wildman–Crippen MR) is 38.7 cm³/mol. The predicted octanol–water partition coefficient (Wildman–Crippen LogP) is 1.10. The standard InChI is InChI=1S/C6H11NO.ClH/c8-5-7-6-3-1-2-4-6;/h5-6H,1-4H2,(H,7,8);1H. The van der Waals surface area contributed by atoms with E-state index in [9.17, 15) is 4.79 Å². The molecule has 1 fully saturated rings. The third kappa shape index (κ3) is 2.70. The number of rotatable bonds is 2. The van der Waals surface area contributed by atoms with Crippen LogP contribution in [0.2, 0.25) is 0 Å². The van der Waals surface area contributed by atoms with Crippen LogP contribution in [0.15, 0.2) is 0 Å². The highest BCUT2D eigenvalue weighted by atomic mass is 35.5. The van der Waals surface area contributed by atoms with Crippen LogP contribution in [-0.4, -0.2) is 12.5 Å². The van der Waals surface area contributed by atoms with E-state index in [1.54, 1.807) is 0 Å². The van der Waals surface area contributed by atoms with Crippen molar-refractivity contribution in [2.45, 2.75) is 31.7 Å². The second-order valence-electron chi connectivity index (χ2n) is 2.27. The van der Waals surface area contributed by atoms with E-state index in [1.165, 1.54) is 25.7 Å². The average Bonchev–Trinajstić information content (AvgIpc) is 2.19. The molecule has 1 aliphatic carbocycles. The maximum absolute atomic E-state index is 9.85. The molecule has 0 aromatic carbocycles. The molecular formula is C6H12ClNO. The van der Waals surface area contributed by atoms with Gasteiger partial charge in [0.1, 0.15) is 0 Å². The summed E-state index contributed by atoms with van der Waals surface area (Å²) in [5.41, 5.74) is 0. The van der Waals surface area contributed by atoms with Crippen LogP contribution in [0.25, 0.3) is 0 Å². The van der Waals surface area contributed by atoms with E-state index in [2.05, 4.69) is 5.32 Å². The first kappa shape index (κ1) is 8.76. The number of nitrogens with one attached hydrogen (secondary N) is 1. The first-order chi connectivity index (χ1) is 3.93. The Morgan fingerprint density at radius 3 is 2.33 bits per heavy atom. The lowest BCUT2D eigenvalue weighted by Gasteiger charge is -2.03. The Morgan fingerprint density at radius 1 is 1.33 bits per heavy atom. The van der Waals surface area contributed by atoms with Crippen LogP contribution in [-0.2, 0) is 4.79 Å². The Balaban J connectivity index is 0.000000640. The normalized spacial score (nSPS) is 18.7. The van der Waals surface area contributed by atoms with Gasteiger partial charge in [-0.05, 0) is 12.8 Å². The minimum Gasteiger partial charge on any atom is -0.356 e. The largest absolute Gasteiger partial charge is 0.356 e. The highest BCUT2D eigenvalue weighted by Crippen LogP contribution is 2.16. The van der Waals surface area contributed by atoms with Crippen LogP contribution in [0.1, 0.15) is 25.7 Å². The van der Waals surface area contributed by atoms with Crippen molar-refractivity contribution in [1.82, 2.24) is 5.32 Å². The van der Waals surface area contributed by atoms with Gasteiger partial charge in [-0.2, -0.15) is 0 Å². The van der Waals surface area contributed by atoms with Gasteiger partial charge in [-0.3, -0.25) is 4.79 Å². The smallest absolute Gasteiger partial charge is 0.207 e. The lowest BCUT2D eigenvalue weighted by molar-refractivity contribution is -0.110. The fraction of sp³-hybridized carbons (Fsp3) is 0.833. The fourth-order valence-corrected chi connectivity index (χ4v) is 1.19. The molecule has 1 amide bonds. The van der Waals surface area contributed by atoms with Gasteiger partial charge in [0.05, 0.1) is 0 Å². The van der Waals surface area contributed by atoms with Crippen molar-refractivity contribution < 1.29 is 4.79 Å². The van der Waals surface area contributed by atoms with E-state index >= 15 is 0 Å². The summed E-state index contributed by atoms with van der Waals surface area (Å²) in [6.07, 6.45) is 5.73. The van der Waals surface area contributed by atoms with E-state index < -0.39 is 0 Å². The minimum atomic E-state index is 0. The molecule has 0 bridgehead atoms. The molecule has 1 aliphatic rings. The van der Waals surface area contributed by atoms with Crippen LogP contribution < -0.4 is 5.32 Å². The number of hydrogen-bond donors (Lipinski definition) is 1. The van der Waals surface area contributed by atoms with Gasteiger partial charge in [-0.25, -0.2) is 0 Å². The molecule has 9 heavy (non-hydrogen) atoms. The molecule has 0 spiro atoms. The van der Waals surface area contributed by atoms with Gasteiger partial charge in [-0.15, -0.1) is 12.4 Å². The van der Waals surface area contributed by atoms with Crippen molar-refractivity contribution in [2.75, 3.05) is 0 Å². The van der Waals surface area contributed by atoms with Gasteiger partial charge in [0.2, 0.25) is 6.41 Å². The van der Waals surface area contributed by atoms with Gasteiger partial charge >= 0.3 is 0 Å². The van der Waals surface area contributed by atoms with E-state index in [-0.39, 0.29) is 12.4 Å². The van der Waals surface area contributed by atoms with E-state index in [4.69, 9.17) is 0 Å². The van der Waals surface area contributed by atoms with Gasteiger partial charge < -0.3 is 5.32 Å². The number of carbonyl (C=O) groups excluding carboxylic acids is 1. The van der Waals surface area contributed by atoms with Crippen LogP contribution in [0.5, 0.6) is 0 Å². The van der Waals surface area contributed by atoms with Crippen molar-refractivity contribution >= 4 is 18.8 Å². The molecule has 1 rings (SSSR count). The molecule has 0 atom stereocenters. The van der Waals surface area contributed by atoms with Crippen LogP contribution >= 0.6 is 12.4 Å². The zero-order valence-corrected chi connectivity index (χ0v) is 6.12. The molecule has 0 saturated heterocycles. The first-order valence-electron chi connectivity index (χ1n) is 3.13. The Morgan fingerprint density at radius 2 is 1.89 bits per heavy atom. The van der Waals surface area contributed by atoms with E-state index in [1.807, 2.05) is 0 Å². The Labute approximate surface area is 61.4 Å². The maximum Gasteiger partial charge on any atom is 0.207 e. The van der Waals surface area contributed by atoms with E-state index in [0.717, 1.165) is 6.41 Å². The van der Waals surface area contributed by atoms with Crippen molar-refractivity contribution in [1.29, 1.82) is 0 Å². The highest BCUT2D eigenvalue weighted by Gasteiger charge is 2.12. The lowest BCUT2D eigenvalue weighted by atomic mass is 10.3. The quantitative estimate of drug-likeness (QED) is 0.586. The van der Waals surface area contributed by atoms with Crippen LogP contribution in [0.3, 0.4) is 0 Å². The average molecular weight is 150 g/mol. The fourth-order valence-electron chi connectivity index (χ4n) is 1.19. The lowest BCUT2D eigenvalue weighted by Crippen LogP contribution is -2.23. The molecule has 0 aliphatic heterocycles. The molecular weight excluding hydrogens is 138 g/mol. The summed E-state index contributed by atoms with van der Waals surface area (Å²) in [6.45, 7) is 0. The molecule has 0 heterocycles. The number of halogens is 1.